The van der Waals surface area contributed by atoms with Crippen molar-refractivity contribution in [2.75, 3.05) is 33.3 Å². The van der Waals surface area contributed by atoms with Crippen molar-refractivity contribution in [2.24, 2.45) is 4.99 Å². The lowest BCUT2D eigenvalue weighted by Gasteiger charge is -2.23. The molecule has 1 saturated heterocycles. The van der Waals surface area contributed by atoms with Crippen molar-refractivity contribution in [1.29, 1.82) is 0 Å². The summed E-state index contributed by atoms with van der Waals surface area (Å²) in [5.41, 5.74) is 0. The quantitative estimate of drug-likeness (QED) is 0.751. The van der Waals surface area contributed by atoms with Gasteiger partial charge in [0.15, 0.2) is 5.96 Å². The number of ether oxygens (including phenoxy) is 1. The molecule has 0 aromatic rings. The molecule has 2 heterocycles. The Hall–Kier alpha value is -0.770. The van der Waals surface area contributed by atoms with E-state index in [-0.39, 0.29) is 0 Å². The van der Waals surface area contributed by atoms with Gasteiger partial charge in [0.25, 0.3) is 0 Å². The zero-order valence-electron chi connectivity index (χ0n) is 9.54. The molecule has 15 heavy (non-hydrogen) atoms. The number of aliphatic imine (C=N–C) groups is 1. The van der Waals surface area contributed by atoms with Crippen LogP contribution in [-0.2, 0) is 4.74 Å². The minimum atomic E-state index is 0.471. The SMILES string of the molecule is CN1CCN=C1NCCC1CCCCO1. The van der Waals surface area contributed by atoms with Crippen LogP contribution in [-0.4, -0.2) is 50.3 Å². The third-order valence-corrected chi connectivity index (χ3v) is 3.08. The van der Waals surface area contributed by atoms with Crippen LogP contribution in [0.3, 0.4) is 0 Å². The van der Waals surface area contributed by atoms with E-state index in [0.717, 1.165) is 38.6 Å². The Bertz CT molecular complexity index is 224. The molecule has 2 aliphatic heterocycles. The van der Waals surface area contributed by atoms with Gasteiger partial charge in [-0.15, -0.1) is 0 Å². The fourth-order valence-electron chi connectivity index (χ4n) is 2.10. The Morgan fingerprint density at radius 1 is 1.53 bits per heavy atom. The molecule has 86 valence electrons. The molecule has 0 amide bonds. The Balaban J connectivity index is 1.61. The predicted octanol–water partition coefficient (Wildman–Crippen LogP) is 0.837. The molecule has 4 nitrogen and oxygen atoms in total. The molecule has 0 bridgehead atoms. The summed E-state index contributed by atoms with van der Waals surface area (Å²) in [7, 11) is 2.08. The van der Waals surface area contributed by atoms with E-state index >= 15 is 0 Å². The molecule has 0 aliphatic carbocycles. The van der Waals surface area contributed by atoms with E-state index in [9.17, 15) is 0 Å². The summed E-state index contributed by atoms with van der Waals surface area (Å²) in [4.78, 5) is 6.56. The molecule has 0 radical (unpaired) electrons. The van der Waals surface area contributed by atoms with Gasteiger partial charge in [-0.05, 0) is 25.7 Å². The number of nitrogens with zero attached hydrogens (tertiary/aromatic N) is 2. The monoisotopic (exact) mass is 211 g/mol. The summed E-state index contributed by atoms with van der Waals surface area (Å²) < 4.78 is 5.68. The van der Waals surface area contributed by atoms with Crippen LogP contribution in [0.15, 0.2) is 4.99 Å². The first-order valence-electron chi connectivity index (χ1n) is 5.97. The summed E-state index contributed by atoms with van der Waals surface area (Å²) in [5, 5.41) is 3.37. The Morgan fingerprint density at radius 3 is 3.13 bits per heavy atom. The molecule has 1 fully saturated rings. The molecule has 1 N–H and O–H groups in total. The van der Waals surface area contributed by atoms with Gasteiger partial charge in [-0.1, -0.05) is 0 Å². The minimum absolute atomic E-state index is 0.471. The van der Waals surface area contributed by atoms with Gasteiger partial charge in [-0.3, -0.25) is 4.99 Å². The summed E-state index contributed by atoms with van der Waals surface area (Å²) in [6.45, 7) is 3.90. The van der Waals surface area contributed by atoms with Crippen LogP contribution in [0.4, 0.5) is 0 Å². The molecule has 2 aliphatic rings. The number of likely N-dealkylation sites (N-methyl/N-ethyl adjacent to an activating group) is 1. The van der Waals surface area contributed by atoms with E-state index in [1.165, 1.54) is 19.3 Å². The van der Waals surface area contributed by atoms with Crippen LogP contribution < -0.4 is 5.32 Å². The summed E-state index contributed by atoms with van der Waals surface area (Å²) in [6, 6.07) is 0. The average Bonchev–Trinajstić information content (AvgIpc) is 2.66. The highest BCUT2D eigenvalue weighted by molar-refractivity contribution is 5.81. The summed E-state index contributed by atoms with van der Waals surface area (Å²) in [6.07, 6.45) is 5.36. The van der Waals surface area contributed by atoms with Crippen molar-refractivity contribution in [2.45, 2.75) is 31.8 Å². The van der Waals surface area contributed by atoms with Crippen molar-refractivity contribution in [3.8, 4) is 0 Å². The van der Waals surface area contributed by atoms with Crippen molar-refractivity contribution in [1.82, 2.24) is 10.2 Å². The largest absolute Gasteiger partial charge is 0.378 e. The van der Waals surface area contributed by atoms with Gasteiger partial charge in [0.05, 0.1) is 12.6 Å². The first kappa shape index (κ1) is 10.7. The first-order valence-corrected chi connectivity index (χ1v) is 5.97. The topological polar surface area (TPSA) is 36.9 Å². The molecule has 0 spiro atoms. The molecule has 4 heteroatoms. The Kier molecular flexibility index (Phi) is 3.83. The maximum Gasteiger partial charge on any atom is 0.193 e. The second kappa shape index (κ2) is 5.35. The number of hydrogen-bond donors (Lipinski definition) is 1. The molecule has 1 unspecified atom stereocenters. The van der Waals surface area contributed by atoms with Crippen molar-refractivity contribution < 1.29 is 4.74 Å². The maximum absolute atomic E-state index is 5.68. The molecule has 1 atom stereocenters. The van der Waals surface area contributed by atoms with Gasteiger partial charge < -0.3 is 15.0 Å². The number of nitrogens with one attached hydrogen (secondary N) is 1. The Morgan fingerprint density at radius 2 is 2.47 bits per heavy atom. The van der Waals surface area contributed by atoms with E-state index in [2.05, 4.69) is 22.3 Å². The third kappa shape index (κ3) is 3.09. The van der Waals surface area contributed by atoms with E-state index in [1.54, 1.807) is 0 Å². The fraction of sp³-hybridized carbons (Fsp3) is 0.909. The molecule has 0 aromatic heterocycles. The number of guanidine groups is 1. The zero-order chi connectivity index (χ0) is 10.5. The van der Waals surface area contributed by atoms with Crippen molar-refractivity contribution >= 4 is 5.96 Å². The third-order valence-electron chi connectivity index (χ3n) is 3.08. The molecular weight excluding hydrogens is 190 g/mol. The van der Waals surface area contributed by atoms with E-state index in [1.807, 2.05) is 0 Å². The Labute approximate surface area is 91.7 Å². The van der Waals surface area contributed by atoms with E-state index in [0.29, 0.717) is 6.10 Å². The summed E-state index contributed by atoms with van der Waals surface area (Å²) in [5.74, 6) is 1.05. The lowest BCUT2D eigenvalue weighted by atomic mass is 10.1. The highest BCUT2D eigenvalue weighted by Crippen LogP contribution is 2.14. The number of rotatable bonds is 3. The fourth-order valence-corrected chi connectivity index (χ4v) is 2.10. The molecule has 2 rings (SSSR count). The van der Waals surface area contributed by atoms with Crippen LogP contribution in [0.2, 0.25) is 0 Å². The van der Waals surface area contributed by atoms with Gasteiger partial charge in [-0.2, -0.15) is 0 Å². The lowest BCUT2D eigenvalue weighted by Crippen LogP contribution is -2.37. The normalized spacial score (nSPS) is 26.6. The molecular formula is C11H21N3O. The highest BCUT2D eigenvalue weighted by atomic mass is 16.5. The van der Waals surface area contributed by atoms with Crippen molar-refractivity contribution in [3.63, 3.8) is 0 Å². The van der Waals surface area contributed by atoms with E-state index < -0.39 is 0 Å². The zero-order valence-corrected chi connectivity index (χ0v) is 9.54. The van der Waals surface area contributed by atoms with Gasteiger partial charge in [-0.25, -0.2) is 0 Å². The first-order chi connectivity index (χ1) is 7.36. The smallest absolute Gasteiger partial charge is 0.193 e. The van der Waals surface area contributed by atoms with Gasteiger partial charge >= 0.3 is 0 Å². The maximum atomic E-state index is 5.68. The molecule has 0 aromatic carbocycles. The van der Waals surface area contributed by atoms with Gasteiger partial charge in [0.2, 0.25) is 0 Å². The standard InChI is InChI=1S/C11H21N3O/c1-14-8-7-13-11(14)12-6-5-10-4-2-3-9-15-10/h10H,2-9H2,1H3,(H,12,13). The average molecular weight is 211 g/mol. The van der Waals surface area contributed by atoms with Crippen LogP contribution in [0.5, 0.6) is 0 Å². The van der Waals surface area contributed by atoms with Crippen LogP contribution in [0.1, 0.15) is 25.7 Å². The van der Waals surface area contributed by atoms with Crippen LogP contribution >= 0.6 is 0 Å². The lowest BCUT2D eigenvalue weighted by molar-refractivity contribution is 0.0121. The van der Waals surface area contributed by atoms with Crippen LogP contribution in [0.25, 0.3) is 0 Å². The summed E-state index contributed by atoms with van der Waals surface area (Å²) >= 11 is 0. The van der Waals surface area contributed by atoms with Gasteiger partial charge in [0, 0.05) is 26.7 Å². The van der Waals surface area contributed by atoms with Crippen LogP contribution in [0, 0.1) is 0 Å². The van der Waals surface area contributed by atoms with Gasteiger partial charge in [0.1, 0.15) is 0 Å². The van der Waals surface area contributed by atoms with Crippen molar-refractivity contribution in [3.05, 3.63) is 0 Å². The second-order valence-electron chi connectivity index (χ2n) is 4.33. The van der Waals surface area contributed by atoms with E-state index in [4.69, 9.17) is 4.74 Å². The number of hydrogen-bond acceptors (Lipinski definition) is 4. The second-order valence-corrected chi connectivity index (χ2v) is 4.33. The highest BCUT2D eigenvalue weighted by Gasteiger charge is 2.15. The molecule has 0 saturated carbocycles. The minimum Gasteiger partial charge on any atom is -0.378 e. The predicted molar refractivity (Wildman–Crippen MR) is 61.1 cm³/mol.